The molecule has 1 saturated carbocycles. The molecule has 2 aromatic rings. The fourth-order valence-electron chi connectivity index (χ4n) is 3.47. The quantitative estimate of drug-likeness (QED) is 0.863. The number of carbonyl (C=O) groups is 1. The van der Waals surface area contributed by atoms with Gasteiger partial charge in [0.25, 0.3) is 5.56 Å². The molecule has 8 heteroatoms. The third-order valence-electron chi connectivity index (χ3n) is 5.16. The summed E-state index contributed by atoms with van der Waals surface area (Å²) in [6.45, 7) is 1.97. The first-order valence-electron chi connectivity index (χ1n) is 9.27. The maximum Gasteiger partial charge on any atom is 0.416 e. The summed E-state index contributed by atoms with van der Waals surface area (Å²) in [5, 5.41) is 2.98. The molecule has 0 aliphatic heterocycles. The van der Waals surface area contributed by atoms with E-state index in [-0.39, 0.29) is 24.2 Å². The van der Waals surface area contributed by atoms with Crippen LogP contribution in [-0.2, 0) is 17.5 Å². The average molecular weight is 393 g/mol. The number of benzene rings is 1. The van der Waals surface area contributed by atoms with E-state index in [1.807, 2.05) is 0 Å². The molecule has 0 saturated heterocycles. The van der Waals surface area contributed by atoms with Gasteiger partial charge in [0.15, 0.2) is 0 Å². The molecule has 1 heterocycles. The Morgan fingerprint density at radius 2 is 1.89 bits per heavy atom. The Bertz CT molecular complexity index is 891. The van der Waals surface area contributed by atoms with Crippen LogP contribution in [0, 0.1) is 5.92 Å². The lowest BCUT2D eigenvalue weighted by molar-refractivity contribution is -0.137. The molecule has 1 N–H and O–H groups in total. The molecular weight excluding hydrogens is 371 g/mol. The van der Waals surface area contributed by atoms with Crippen molar-refractivity contribution >= 4 is 5.91 Å². The predicted molar refractivity (Wildman–Crippen MR) is 98.5 cm³/mol. The Balaban J connectivity index is 1.68. The second-order valence-electron chi connectivity index (χ2n) is 7.25. The zero-order valence-corrected chi connectivity index (χ0v) is 15.5. The van der Waals surface area contributed by atoms with Gasteiger partial charge < -0.3 is 5.32 Å². The van der Waals surface area contributed by atoms with E-state index in [1.165, 1.54) is 35.5 Å². The monoisotopic (exact) mass is 393 g/mol. The van der Waals surface area contributed by atoms with E-state index in [9.17, 15) is 22.8 Å². The number of alkyl halides is 3. The van der Waals surface area contributed by atoms with Gasteiger partial charge in [0.2, 0.25) is 5.91 Å². The van der Waals surface area contributed by atoms with Gasteiger partial charge in [-0.05, 0) is 30.9 Å². The second-order valence-corrected chi connectivity index (χ2v) is 7.25. The summed E-state index contributed by atoms with van der Waals surface area (Å²) in [6, 6.07) is 5.77. The number of carbonyl (C=O) groups excluding carboxylic acids is 1. The van der Waals surface area contributed by atoms with Crippen LogP contribution in [0.2, 0.25) is 0 Å². The molecule has 2 atom stereocenters. The van der Waals surface area contributed by atoms with Crippen molar-refractivity contribution in [2.45, 2.75) is 51.4 Å². The topological polar surface area (TPSA) is 64.0 Å². The zero-order valence-electron chi connectivity index (χ0n) is 15.5. The predicted octanol–water partition coefficient (Wildman–Crippen LogP) is 3.62. The van der Waals surface area contributed by atoms with E-state index in [4.69, 9.17) is 0 Å². The third-order valence-corrected chi connectivity index (χ3v) is 5.16. The van der Waals surface area contributed by atoms with Crippen molar-refractivity contribution in [2.24, 2.45) is 5.92 Å². The van der Waals surface area contributed by atoms with Crippen LogP contribution in [0.5, 0.6) is 0 Å². The first kappa shape index (κ1) is 20.1. The highest BCUT2D eigenvalue weighted by molar-refractivity contribution is 5.76. The van der Waals surface area contributed by atoms with Crippen LogP contribution >= 0.6 is 0 Å². The Hall–Kier alpha value is -2.64. The van der Waals surface area contributed by atoms with Gasteiger partial charge in [0.1, 0.15) is 6.54 Å². The van der Waals surface area contributed by atoms with E-state index in [2.05, 4.69) is 17.2 Å². The Kier molecular flexibility index (Phi) is 5.86. The van der Waals surface area contributed by atoms with Gasteiger partial charge in [-0.25, -0.2) is 4.98 Å². The first-order valence-corrected chi connectivity index (χ1v) is 9.27. The maximum absolute atomic E-state index is 12.6. The standard InChI is InChI=1S/C20H22F3N3O2/c1-13-4-2-3-5-16(13)25-18(27)11-26-12-24-17(10-19(26)28)14-6-8-15(9-7-14)20(21,22)23/h6-10,12-13,16H,2-5,11H2,1H3,(H,25,27). The molecule has 0 spiro atoms. The van der Waals surface area contributed by atoms with Crippen LogP contribution in [0.15, 0.2) is 41.5 Å². The lowest BCUT2D eigenvalue weighted by atomic mass is 9.86. The maximum atomic E-state index is 12.6. The molecule has 0 radical (unpaired) electrons. The highest BCUT2D eigenvalue weighted by Gasteiger charge is 2.30. The summed E-state index contributed by atoms with van der Waals surface area (Å²) < 4.78 is 39.1. The molecule has 5 nitrogen and oxygen atoms in total. The van der Waals surface area contributed by atoms with Gasteiger partial charge >= 0.3 is 6.18 Å². The average Bonchev–Trinajstić information content (AvgIpc) is 2.65. The third kappa shape index (κ3) is 4.79. The van der Waals surface area contributed by atoms with E-state index in [0.29, 0.717) is 11.5 Å². The van der Waals surface area contributed by atoms with Crippen molar-refractivity contribution < 1.29 is 18.0 Å². The minimum absolute atomic E-state index is 0.122. The lowest BCUT2D eigenvalue weighted by Gasteiger charge is -2.29. The first-order chi connectivity index (χ1) is 13.2. The van der Waals surface area contributed by atoms with Crippen molar-refractivity contribution in [1.29, 1.82) is 0 Å². The normalized spacial score (nSPS) is 20.0. The minimum Gasteiger partial charge on any atom is -0.352 e. The fraction of sp³-hybridized carbons (Fsp3) is 0.450. The van der Waals surface area contributed by atoms with Gasteiger partial charge in [-0.1, -0.05) is 31.9 Å². The molecule has 1 aromatic carbocycles. The molecule has 28 heavy (non-hydrogen) atoms. The Labute approximate surface area is 160 Å². The van der Waals surface area contributed by atoms with Crippen LogP contribution in [0.25, 0.3) is 11.3 Å². The molecule has 1 aromatic heterocycles. The summed E-state index contributed by atoms with van der Waals surface area (Å²) in [6.07, 6.45) is 1.10. The van der Waals surface area contributed by atoms with Gasteiger partial charge in [-0.15, -0.1) is 0 Å². The largest absolute Gasteiger partial charge is 0.416 e. The molecule has 150 valence electrons. The number of hydrogen-bond donors (Lipinski definition) is 1. The van der Waals surface area contributed by atoms with E-state index < -0.39 is 17.3 Å². The molecular formula is C20H22F3N3O2. The van der Waals surface area contributed by atoms with Crippen molar-refractivity contribution in [2.75, 3.05) is 0 Å². The van der Waals surface area contributed by atoms with E-state index in [1.54, 1.807) is 0 Å². The smallest absolute Gasteiger partial charge is 0.352 e. The molecule has 0 bridgehead atoms. The Morgan fingerprint density at radius 3 is 2.50 bits per heavy atom. The zero-order chi connectivity index (χ0) is 20.3. The van der Waals surface area contributed by atoms with Gasteiger partial charge in [-0.3, -0.25) is 14.2 Å². The molecule has 1 amide bonds. The second kappa shape index (κ2) is 8.16. The van der Waals surface area contributed by atoms with Crippen molar-refractivity contribution in [3.63, 3.8) is 0 Å². The van der Waals surface area contributed by atoms with Gasteiger partial charge in [0, 0.05) is 17.7 Å². The highest BCUT2D eigenvalue weighted by atomic mass is 19.4. The van der Waals surface area contributed by atoms with Crippen LogP contribution < -0.4 is 10.9 Å². The van der Waals surface area contributed by atoms with Crippen LogP contribution in [-0.4, -0.2) is 21.5 Å². The molecule has 1 aliphatic carbocycles. The number of aromatic nitrogens is 2. The van der Waals surface area contributed by atoms with E-state index in [0.717, 1.165) is 31.4 Å². The summed E-state index contributed by atoms with van der Waals surface area (Å²) in [5.41, 5.74) is -0.538. The van der Waals surface area contributed by atoms with Crippen molar-refractivity contribution in [1.82, 2.24) is 14.9 Å². The van der Waals surface area contributed by atoms with E-state index >= 15 is 0 Å². The Morgan fingerprint density at radius 1 is 1.21 bits per heavy atom. The van der Waals surface area contributed by atoms with Gasteiger partial charge in [0.05, 0.1) is 17.6 Å². The van der Waals surface area contributed by atoms with Crippen LogP contribution in [0.3, 0.4) is 0 Å². The van der Waals surface area contributed by atoms with Crippen LogP contribution in [0.1, 0.15) is 38.2 Å². The summed E-state index contributed by atoms with van der Waals surface area (Å²) in [5.74, 6) is 0.166. The number of nitrogens with zero attached hydrogens (tertiary/aromatic N) is 2. The number of amides is 1. The number of nitrogens with one attached hydrogen (secondary N) is 1. The van der Waals surface area contributed by atoms with Crippen molar-refractivity contribution in [3.05, 3.63) is 52.6 Å². The summed E-state index contributed by atoms with van der Waals surface area (Å²) >= 11 is 0. The molecule has 3 rings (SSSR count). The number of halogens is 3. The summed E-state index contributed by atoms with van der Waals surface area (Å²) in [7, 11) is 0. The number of rotatable bonds is 4. The van der Waals surface area contributed by atoms with Gasteiger partial charge in [-0.2, -0.15) is 13.2 Å². The molecule has 1 aliphatic rings. The highest BCUT2D eigenvalue weighted by Crippen LogP contribution is 2.30. The van der Waals surface area contributed by atoms with Crippen LogP contribution in [0.4, 0.5) is 13.2 Å². The minimum atomic E-state index is -4.42. The lowest BCUT2D eigenvalue weighted by Crippen LogP contribution is -2.43. The van der Waals surface area contributed by atoms with Crippen molar-refractivity contribution in [3.8, 4) is 11.3 Å². The molecule has 1 fully saturated rings. The summed E-state index contributed by atoms with van der Waals surface area (Å²) in [4.78, 5) is 28.7. The SMILES string of the molecule is CC1CCCCC1NC(=O)Cn1cnc(-c2ccc(C(F)(F)F)cc2)cc1=O. The molecule has 2 unspecified atom stereocenters. The number of hydrogen-bond acceptors (Lipinski definition) is 3. The fourth-order valence-corrected chi connectivity index (χ4v) is 3.47.